The summed E-state index contributed by atoms with van der Waals surface area (Å²) in [6.07, 6.45) is 3.55. The second-order valence-corrected chi connectivity index (χ2v) is 10.2. The van der Waals surface area contributed by atoms with Crippen LogP contribution >= 0.6 is 11.3 Å². The Morgan fingerprint density at radius 3 is 3.09 bits per heavy atom. The molecule has 3 N–H and O–H groups in total. The highest BCUT2D eigenvalue weighted by molar-refractivity contribution is 7.17. The fraction of sp³-hybridized carbons (Fsp3) is 0.435. The molecule has 9 heteroatoms. The maximum absolute atomic E-state index is 12.6. The first kappa shape index (κ1) is 21.0. The smallest absolute Gasteiger partial charge is 0.263 e. The molecule has 0 bridgehead atoms. The summed E-state index contributed by atoms with van der Waals surface area (Å²) >= 11 is 1.48. The Morgan fingerprint density at radius 1 is 1.44 bits per heavy atom. The number of fused-ring (bicyclic) bond motifs is 2. The van der Waals surface area contributed by atoms with Crippen LogP contribution in [0.25, 0.3) is 10.9 Å². The normalized spacial score (nSPS) is 21.0. The predicted molar refractivity (Wildman–Crippen MR) is 125 cm³/mol. The molecule has 0 radical (unpaired) electrons. The number of anilines is 1. The van der Waals surface area contributed by atoms with Gasteiger partial charge in [0.2, 0.25) is 0 Å². The van der Waals surface area contributed by atoms with Gasteiger partial charge in [0.15, 0.2) is 5.13 Å². The molecule has 2 aromatic heterocycles. The van der Waals surface area contributed by atoms with Gasteiger partial charge in [-0.3, -0.25) is 4.79 Å². The number of nitrogens with zero attached hydrogens (tertiary/aromatic N) is 3. The number of nitrogens with one attached hydrogen (secondary N) is 2. The summed E-state index contributed by atoms with van der Waals surface area (Å²) in [6, 6.07) is 6.12. The summed E-state index contributed by atoms with van der Waals surface area (Å²) in [5, 5.41) is 17.5. The van der Waals surface area contributed by atoms with E-state index in [2.05, 4.69) is 26.4 Å². The molecule has 8 nitrogen and oxygen atoms in total. The molecule has 168 valence electrons. The van der Waals surface area contributed by atoms with Crippen molar-refractivity contribution in [2.75, 3.05) is 24.7 Å². The fourth-order valence-corrected chi connectivity index (χ4v) is 5.62. The van der Waals surface area contributed by atoms with E-state index in [-0.39, 0.29) is 17.5 Å². The fourth-order valence-electron chi connectivity index (χ4n) is 4.55. The van der Waals surface area contributed by atoms with E-state index in [0.29, 0.717) is 18.9 Å². The third-order valence-corrected chi connectivity index (χ3v) is 7.35. The topological polar surface area (TPSA) is 103 Å². The first-order valence-corrected chi connectivity index (χ1v) is 11.6. The number of oxime groups is 1. The van der Waals surface area contributed by atoms with Crippen molar-refractivity contribution >= 4 is 39.0 Å². The summed E-state index contributed by atoms with van der Waals surface area (Å²) in [5.41, 5.74) is 4.29. The Morgan fingerprint density at radius 2 is 2.28 bits per heavy atom. The number of thiazole rings is 1. The molecule has 3 aromatic rings. The average molecular weight is 454 g/mol. The molecule has 0 aliphatic carbocycles. The van der Waals surface area contributed by atoms with Gasteiger partial charge in [0, 0.05) is 35.6 Å². The molecule has 1 aromatic carbocycles. The lowest BCUT2D eigenvalue weighted by molar-refractivity contribution is 0.0900. The van der Waals surface area contributed by atoms with Crippen molar-refractivity contribution in [1.29, 1.82) is 0 Å². The number of ether oxygens (including phenoxy) is 1. The van der Waals surface area contributed by atoms with Gasteiger partial charge in [0.05, 0.1) is 30.7 Å². The van der Waals surface area contributed by atoms with Gasteiger partial charge < -0.3 is 25.1 Å². The van der Waals surface area contributed by atoms with E-state index in [1.165, 1.54) is 16.9 Å². The summed E-state index contributed by atoms with van der Waals surface area (Å²) in [5.74, 6) is -0.0325. The Hall–Kier alpha value is -2.91. The molecule has 4 heterocycles. The molecule has 0 unspecified atom stereocenters. The number of carbonyl (C=O) groups is 1. The van der Waals surface area contributed by atoms with E-state index in [9.17, 15) is 4.79 Å². The number of aromatic amines is 1. The second-order valence-electron chi connectivity index (χ2n) is 9.17. The van der Waals surface area contributed by atoms with Crippen LogP contribution in [0.3, 0.4) is 0 Å². The first-order chi connectivity index (χ1) is 15.3. The number of hydrogen-bond acceptors (Lipinski definition) is 7. The zero-order valence-electron chi connectivity index (χ0n) is 18.4. The van der Waals surface area contributed by atoms with Crippen LogP contribution in [0.5, 0.6) is 0 Å². The van der Waals surface area contributed by atoms with Gasteiger partial charge in [-0.25, -0.2) is 4.98 Å². The van der Waals surface area contributed by atoms with Crippen LogP contribution in [0.4, 0.5) is 5.13 Å². The van der Waals surface area contributed by atoms with Crippen LogP contribution in [-0.2, 0) is 17.6 Å². The van der Waals surface area contributed by atoms with Crippen molar-refractivity contribution < 1.29 is 14.7 Å². The first-order valence-electron chi connectivity index (χ1n) is 10.8. The summed E-state index contributed by atoms with van der Waals surface area (Å²) in [4.78, 5) is 23.8. The molecule has 1 amide bonds. The van der Waals surface area contributed by atoms with E-state index in [0.717, 1.165) is 51.6 Å². The van der Waals surface area contributed by atoms with Crippen molar-refractivity contribution in [2.45, 2.75) is 45.2 Å². The zero-order chi connectivity index (χ0) is 22.5. The number of H-pyrrole nitrogens is 1. The third kappa shape index (κ3) is 3.75. The van der Waals surface area contributed by atoms with Gasteiger partial charge in [-0.2, -0.15) is 0 Å². The minimum Gasteiger partial charge on any atom is -0.411 e. The quantitative estimate of drug-likeness (QED) is 0.319. The average Bonchev–Trinajstić information content (AvgIpc) is 3.37. The third-order valence-electron chi connectivity index (χ3n) is 6.22. The van der Waals surface area contributed by atoms with E-state index in [1.54, 1.807) is 6.92 Å². The molecule has 5 rings (SSSR count). The Bertz CT molecular complexity index is 1210. The lowest BCUT2D eigenvalue weighted by atomic mass is 9.94. The zero-order valence-corrected chi connectivity index (χ0v) is 19.3. The van der Waals surface area contributed by atoms with E-state index in [1.807, 2.05) is 32.2 Å². The highest BCUT2D eigenvalue weighted by Gasteiger charge is 2.35. The standard InChI is InChI=1S/C23H27N5O3S/c1-13(27-30)14-4-5-18-17(9-14)15(11-24-18)8-16-12-31-7-6-28(16)22-25-19-10-23(2,3)26-21(29)20(19)32-22/h4-5,9,11,16,24,30H,6-8,10,12H2,1-3H3,(H,26,29)/b27-13+/t16-/m0/s1. The molecular formula is C23H27N5O3S. The van der Waals surface area contributed by atoms with Gasteiger partial charge in [-0.15, -0.1) is 0 Å². The van der Waals surface area contributed by atoms with Crippen LogP contribution in [-0.4, -0.2) is 58.1 Å². The van der Waals surface area contributed by atoms with Crippen LogP contribution in [0, 0.1) is 0 Å². The monoisotopic (exact) mass is 453 g/mol. The molecule has 1 atom stereocenters. The lowest BCUT2D eigenvalue weighted by Crippen LogP contribution is -2.48. The molecule has 2 aliphatic heterocycles. The van der Waals surface area contributed by atoms with Crippen molar-refractivity contribution in [3.05, 3.63) is 46.1 Å². The molecule has 0 saturated carbocycles. The van der Waals surface area contributed by atoms with Gasteiger partial charge >= 0.3 is 0 Å². The number of benzene rings is 1. The summed E-state index contributed by atoms with van der Waals surface area (Å²) in [7, 11) is 0. The lowest BCUT2D eigenvalue weighted by Gasteiger charge is -2.35. The van der Waals surface area contributed by atoms with Crippen LogP contribution in [0.1, 0.15) is 47.3 Å². The molecule has 1 saturated heterocycles. The Kier molecular flexibility index (Phi) is 5.17. The minimum absolute atomic E-state index is 0.0325. The maximum Gasteiger partial charge on any atom is 0.263 e. The Labute approximate surface area is 190 Å². The largest absolute Gasteiger partial charge is 0.411 e. The molecular weight excluding hydrogens is 426 g/mol. The van der Waals surface area contributed by atoms with Gasteiger partial charge in [-0.1, -0.05) is 22.6 Å². The van der Waals surface area contributed by atoms with E-state index >= 15 is 0 Å². The maximum atomic E-state index is 12.6. The van der Waals surface area contributed by atoms with Gasteiger partial charge in [0.1, 0.15) is 4.88 Å². The number of morpholine rings is 1. The predicted octanol–water partition coefficient (Wildman–Crippen LogP) is 3.34. The molecule has 0 spiro atoms. The minimum atomic E-state index is -0.280. The van der Waals surface area contributed by atoms with Crippen LogP contribution in [0.2, 0.25) is 0 Å². The van der Waals surface area contributed by atoms with Crippen LogP contribution in [0.15, 0.2) is 29.6 Å². The SMILES string of the molecule is C/C(=N\O)c1ccc2[nH]cc(C[C@H]3COCCN3c3nc4c(s3)C(=O)NC(C)(C)C4)c2c1. The molecule has 2 aliphatic rings. The number of hydrogen-bond donors (Lipinski definition) is 3. The summed E-state index contributed by atoms with van der Waals surface area (Å²) < 4.78 is 5.82. The number of aromatic nitrogens is 2. The van der Waals surface area contributed by atoms with Crippen molar-refractivity contribution in [3.8, 4) is 0 Å². The number of amides is 1. The van der Waals surface area contributed by atoms with Crippen LogP contribution < -0.4 is 10.2 Å². The number of carbonyl (C=O) groups excluding carboxylic acids is 1. The summed E-state index contributed by atoms with van der Waals surface area (Å²) in [6.45, 7) is 7.82. The molecule has 1 fully saturated rings. The highest BCUT2D eigenvalue weighted by Crippen LogP contribution is 2.34. The Balaban J connectivity index is 1.45. The van der Waals surface area contributed by atoms with E-state index < -0.39 is 0 Å². The van der Waals surface area contributed by atoms with Gasteiger partial charge in [-0.05, 0) is 50.5 Å². The van der Waals surface area contributed by atoms with Crippen molar-refractivity contribution in [3.63, 3.8) is 0 Å². The molecule has 32 heavy (non-hydrogen) atoms. The second kappa shape index (κ2) is 7.90. The number of rotatable bonds is 4. The van der Waals surface area contributed by atoms with Gasteiger partial charge in [0.25, 0.3) is 5.91 Å². The van der Waals surface area contributed by atoms with Crippen molar-refractivity contribution in [1.82, 2.24) is 15.3 Å². The van der Waals surface area contributed by atoms with E-state index in [4.69, 9.17) is 14.9 Å². The highest BCUT2D eigenvalue weighted by atomic mass is 32.1. The van der Waals surface area contributed by atoms with Crippen molar-refractivity contribution in [2.24, 2.45) is 5.16 Å².